The molecule has 121 valence electrons. The van der Waals surface area contributed by atoms with Crippen LogP contribution in [0.4, 0.5) is 11.4 Å². The van der Waals surface area contributed by atoms with Crippen molar-refractivity contribution >= 4 is 79.2 Å². The molecule has 2 aromatic carbocycles. The van der Waals surface area contributed by atoms with E-state index >= 15 is 0 Å². The van der Waals surface area contributed by atoms with E-state index in [1.54, 1.807) is 24.3 Å². The van der Waals surface area contributed by atoms with Crippen LogP contribution in [0.15, 0.2) is 57.6 Å². The second-order valence-corrected chi connectivity index (χ2v) is 5.83. The predicted molar refractivity (Wildman–Crippen MR) is 89.2 cm³/mol. The molecule has 1 radical (unpaired) electrons. The molecule has 0 heterocycles. The van der Waals surface area contributed by atoms with Crippen LogP contribution < -0.4 is 4.74 Å². The monoisotopic (exact) mass is 373 g/mol. The van der Waals surface area contributed by atoms with E-state index in [0.29, 0.717) is 24.3 Å². The van der Waals surface area contributed by atoms with Gasteiger partial charge in [0.2, 0.25) is 0 Å². The summed E-state index contributed by atoms with van der Waals surface area (Å²) in [5, 5.41) is 7.86. The van der Waals surface area contributed by atoms with Crippen molar-refractivity contribution in [1.29, 1.82) is 0 Å². The second-order valence-electron chi connectivity index (χ2n) is 4.44. The average molecular weight is 373 g/mol. The van der Waals surface area contributed by atoms with Crippen molar-refractivity contribution in [2.75, 3.05) is 6.61 Å². The Labute approximate surface area is 182 Å². The first-order chi connectivity index (χ1) is 10.9. The molecule has 7 nitrogen and oxygen atoms in total. The topological polar surface area (TPSA) is 105 Å². The number of azo groups is 1. The molecular formula is C15H14KN2O5S. The van der Waals surface area contributed by atoms with Crippen LogP contribution in [0.5, 0.6) is 5.75 Å². The van der Waals surface area contributed by atoms with E-state index in [1.807, 2.05) is 6.92 Å². The van der Waals surface area contributed by atoms with Gasteiger partial charge in [-0.15, -0.1) is 0 Å². The SMILES string of the molecule is CCOc1ccc(N=Nc2ccc(C=O)c(S(=O)(=O)O)c2)cc1.[K]. The van der Waals surface area contributed by atoms with Gasteiger partial charge in [0, 0.05) is 56.9 Å². The fourth-order valence-corrected chi connectivity index (χ4v) is 2.48. The summed E-state index contributed by atoms with van der Waals surface area (Å²) in [6, 6.07) is 10.6. The number of aldehydes is 1. The molecule has 24 heavy (non-hydrogen) atoms. The summed E-state index contributed by atoms with van der Waals surface area (Å²) in [7, 11) is -4.51. The number of rotatable bonds is 6. The maximum absolute atomic E-state index is 11.2. The Morgan fingerprint density at radius 3 is 2.21 bits per heavy atom. The Hall–Kier alpha value is -0.944. The molecule has 0 spiro atoms. The number of benzene rings is 2. The smallest absolute Gasteiger partial charge is 0.295 e. The minimum absolute atomic E-state index is 0. The maximum Gasteiger partial charge on any atom is 0.295 e. The van der Waals surface area contributed by atoms with Crippen LogP contribution >= 0.6 is 0 Å². The molecular weight excluding hydrogens is 359 g/mol. The van der Waals surface area contributed by atoms with Gasteiger partial charge in [-0.05, 0) is 49.4 Å². The van der Waals surface area contributed by atoms with Crippen LogP contribution in [0.25, 0.3) is 0 Å². The molecule has 0 atom stereocenters. The van der Waals surface area contributed by atoms with E-state index in [2.05, 4.69) is 10.2 Å². The van der Waals surface area contributed by atoms with Crippen molar-refractivity contribution in [2.24, 2.45) is 10.2 Å². The first kappa shape index (κ1) is 21.1. The van der Waals surface area contributed by atoms with Crippen molar-refractivity contribution in [3.05, 3.63) is 48.0 Å². The Morgan fingerprint density at radius 1 is 1.08 bits per heavy atom. The van der Waals surface area contributed by atoms with Gasteiger partial charge in [0.05, 0.1) is 18.0 Å². The van der Waals surface area contributed by atoms with Gasteiger partial charge in [-0.3, -0.25) is 9.35 Å². The molecule has 0 aliphatic carbocycles. The normalized spacial score (nSPS) is 11.1. The zero-order valence-electron chi connectivity index (χ0n) is 13.2. The fourth-order valence-electron chi connectivity index (χ4n) is 1.80. The van der Waals surface area contributed by atoms with Gasteiger partial charge in [0.15, 0.2) is 6.29 Å². The quantitative estimate of drug-likeness (QED) is 0.362. The van der Waals surface area contributed by atoms with Crippen LogP contribution in [0, 0.1) is 0 Å². The summed E-state index contributed by atoms with van der Waals surface area (Å²) in [4.78, 5) is 10.3. The van der Waals surface area contributed by atoms with E-state index in [4.69, 9.17) is 9.29 Å². The number of hydrogen-bond donors (Lipinski definition) is 1. The summed E-state index contributed by atoms with van der Waals surface area (Å²) in [6.07, 6.45) is 0.344. The molecule has 0 saturated carbocycles. The Balaban J connectivity index is 0.00000288. The van der Waals surface area contributed by atoms with Crippen LogP contribution in [0.3, 0.4) is 0 Å². The van der Waals surface area contributed by atoms with E-state index in [-0.39, 0.29) is 62.6 Å². The van der Waals surface area contributed by atoms with Crippen LogP contribution in [0.2, 0.25) is 0 Å². The second kappa shape index (κ2) is 9.52. The first-order valence-electron chi connectivity index (χ1n) is 6.65. The molecule has 0 aliphatic rings. The van der Waals surface area contributed by atoms with Gasteiger partial charge in [-0.1, -0.05) is 0 Å². The molecule has 9 heteroatoms. The third-order valence-corrected chi connectivity index (χ3v) is 3.74. The minimum Gasteiger partial charge on any atom is -0.494 e. The van der Waals surface area contributed by atoms with Crippen molar-refractivity contribution in [3.8, 4) is 5.75 Å². The Morgan fingerprint density at radius 2 is 1.67 bits per heavy atom. The van der Waals surface area contributed by atoms with E-state index in [9.17, 15) is 13.2 Å². The van der Waals surface area contributed by atoms with Crippen molar-refractivity contribution < 1.29 is 22.5 Å². The van der Waals surface area contributed by atoms with Crippen LogP contribution in [-0.2, 0) is 10.1 Å². The molecule has 0 unspecified atom stereocenters. The third kappa shape index (κ3) is 5.85. The molecule has 2 rings (SSSR count). The van der Waals surface area contributed by atoms with Crippen molar-refractivity contribution in [3.63, 3.8) is 0 Å². The van der Waals surface area contributed by atoms with Gasteiger partial charge in [-0.25, -0.2) is 0 Å². The number of carbonyl (C=O) groups excluding carboxylic acids is 1. The van der Waals surface area contributed by atoms with E-state index < -0.39 is 15.0 Å². The number of carbonyl (C=O) groups is 1. The predicted octanol–water partition coefficient (Wildman–Crippen LogP) is 3.18. The minimum atomic E-state index is -4.51. The summed E-state index contributed by atoms with van der Waals surface area (Å²) in [6.45, 7) is 2.44. The summed E-state index contributed by atoms with van der Waals surface area (Å²) in [5.74, 6) is 0.704. The van der Waals surface area contributed by atoms with Gasteiger partial charge in [0.1, 0.15) is 10.6 Å². The van der Waals surface area contributed by atoms with Crippen molar-refractivity contribution in [1.82, 2.24) is 0 Å². The number of hydrogen-bond acceptors (Lipinski definition) is 6. The summed E-state index contributed by atoms with van der Waals surface area (Å²) < 4.78 is 36.9. The largest absolute Gasteiger partial charge is 0.494 e. The summed E-state index contributed by atoms with van der Waals surface area (Å²) >= 11 is 0. The Kier molecular flexibility index (Phi) is 8.37. The summed E-state index contributed by atoms with van der Waals surface area (Å²) in [5.41, 5.74) is 0.589. The van der Waals surface area contributed by atoms with E-state index in [0.717, 1.165) is 6.07 Å². The molecule has 0 amide bonds. The fraction of sp³-hybridized carbons (Fsp3) is 0.133. The average Bonchev–Trinajstić information content (AvgIpc) is 2.53. The molecule has 0 aromatic heterocycles. The molecule has 0 aliphatic heterocycles. The maximum atomic E-state index is 11.2. The molecule has 2 aromatic rings. The zero-order valence-corrected chi connectivity index (χ0v) is 17.1. The third-order valence-electron chi connectivity index (χ3n) is 2.83. The van der Waals surface area contributed by atoms with Gasteiger partial charge in [0.25, 0.3) is 10.1 Å². The number of nitrogens with zero attached hydrogens (tertiary/aromatic N) is 2. The molecule has 0 bridgehead atoms. The van der Waals surface area contributed by atoms with Crippen molar-refractivity contribution in [2.45, 2.75) is 11.8 Å². The number of ether oxygens (including phenoxy) is 1. The molecule has 0 saturated heterocycles. The standard InChI is InChI=1S/C15H14N2O5S.K/c1-2-22-14-7-5-12(6-8-14)16-17-13-4-3-11(10-18)15(9-13)23(19,20)21;/h3-10H,2H2,1H3,(H,19,20,21);. The Bertz CT molecular complexity index is 835. The van der Waals surface area contributed by atoms with Gasteiger partial charge >= 0.3 is 0 Å². The van der Waals surface area contributed by atoms with E-state index in [1.165, 1.54) is 12.1 Å². The van der Waals surface area contributed by atoms with Gasteiger partial charge < -0.3 is 4.74 Å². The van der Waals surface area contributed by atoms with Crippen LogP contribution in [0.1, 0.15) is 17.3 Å². The van der Waals surface area contributed by atoms with Gasteiger partial charge in [-0.2, -0.15) is 18.6 Å². The molecule has 0 fully saturated rings. The zero-order chi connectivity index (χ0) is 16.9. The molecule has 1 N–H and O–H groups in total. The van der Waals surface area contributed by atoms with Crippen LogP contribution in [-0.4, -0.2) is 77.2 Å². The first-order valence-corrected chi connectivity index (χ1v) is 8.09.